The zero-order chi connectivity index (χ0) is 20.1. The van der Waals surface area contributed by atoms with Gasteiger partial charge >= 0.3 is 0 Å². The van der Waals surface area contributed by atoms with Gasteiger partial charge in [-0.25, -0.2) is 15.0 Å². The molecule has 0 aromatic carbocycles. The average molecular weight is 391 g/mol. The van der Waals surface area contributed by atoms with Gasteiger partial charge in [-0.1, -0.05) is 0 Å². The molecule has 0 spiro atoms. The molecule has 8 heteroatoms. The minimum Gasteiger partial charge on any atom is -0.381 e. The number of anilines is 1. The van der Waals surface area contributed by atoms with Crippen LogP contribution in [0.3, 0.4) is 0 Å². The first-order valence-electron chi connectivity index (χ1n) is 10.0. The van der Waals surface area contributed by atoms with E-state index in [2.05, 4.69) is 43.7 Å². The highest BCUT2D eigenvalue weighted by molar-refractivity contribution is 5.93. The van der Waals surface area contributed by atoms with Gasteiger partial charge in [0.25, 0.3) is 0 Å². The van der Waals surface area contributed by atoms with Crippen molar-refractivity contribution in [2.24, 2.45) is 0 Å². The van der Waals surface area contributed by atoms with Crippen LogP contribution in [0.1, 0.15) is 38.6 Å². The van der Waals surface area contributed by atoms with Crippen LogP contribution in [0.2, 0.25) is 0 Å². The lowest BCUT2D eigenvalue weighted by Crippen LogP contribution is -2.40. The van der Waals surface area contributed by atoms with Crippen LogP contribution < -0.4 is 5.32 Å². The molecule has 0 unspecified atom stereocenters. The number of methoxy groups -OCH3 is 1. The number of aryl methyl sites for hydroxylation is 1. The predicted molar refractivity (Wildman–Crippen MR) is 113 cm³/mol. The van der Waals surface area contributed by atoms with E-state index in [9.17, 15) is 0 Å². The summed E-state index contributed by atoms with van der Waals surface area (Å²) in [7, 11) is 1.75. The van der Waals surface area contributed by atoms with Crippen molar-refractivity contribution in [3.05, 3.63) is 30.4 Å². The van der Waals surface area contributed by atoms with Gasteiger partial charge in [-0.15, -0.1) is 0 Å². The van der Waals surface area contributed by atoms with E-state index in [1.807, 2.05) is 31.5 Å². The summed E-state index contributed by atoms with van der Waals surface area (Å²) in [5.74, 6) is 1.62. The van der Waals surface area contributed by atoms with Crippen LogP contribution in [0, 0.1) is 6.92 Å². The quantitative estimate of drug-likeness (QED) is 0.537. The molecule has 0 radical (unpaired) electrons. The number of rotatable bonds is 5. The molecular formula is C21H25N7O. The molecule has 0 atom stereocenters. The number of aromatic nitrogens is 6. The SMILES string of the molecule is COC1CC(Nc2ncc3c(-c4ccc5nc(C)n(C(C)C)c5n4)c[nH]c3n2)C1. The number of nitrogens with zero attached hydrogens (tertiary/aromatic N) is 5. The molecule has 0 saturated heterocycles. The van der Waals surface area contributed by atoms with E-state index in [1.54, 1.807) is 7.11 Å². The summed E-state index contributed by atoms with van der Waals surface area (Å²) in [5, 5.41) is 4.34. The molecule has 1 saturated carbocycles. The topological polar surface area (TPSA) is 93.5 Å². The van der Waals surface area contributed by atoms with Crippen LogP contribution >= 0.6 is 0 Å². The van der Waals surface area contributed by atoms with Gasteiger partial charge in [0.1, 0.15) is 17.0 Å². The van der Waals surface area contributed by atoms with E-state index in [1.165, 1.54) is 0 Å². The summed E-state index contributed by atoms with van der Waals surface area (Å²) in [6, 6.07) is 4.71. The van der Waals surface area contributed by atoms with Crippen LogP contribution in [0.15, 0.2) is 24.5 Å². The number of nitrogens with one attached hydrogen (secondary N) is 2. The molecule has 150 valence electrons. The van der Waals surface area contributed by atoms with Gasteiger partial charge in [0, 0.05) is 42.5 Å². The fourth-order valence-corrected chi connectivity index (χ4v) is 4.10. The van der Waals surface area contributed by atoms with Crippen molar-refractivity contribution >= 4 is 28.1 Å². The first-order chi connectivity index (χ1) is 14.0. The van der Waals surface area contributed by atoms with Crippen LogP contribution in [0.5, 0.6) is 0 Å². The van der Waals surface area contributed by atoms with Crippen LogP contribution in [-0.4, -0.2) is 48.7 Å². The first kappa shape index (κ1) is 18.1. The number of hydrogen-bond acceptors (Lipinski definition) is 6. The number of ether oxygens (including phenoxy) is 1. The number of fused-ring (bicyclic) bond motifs is 2. The van der Waals surface area contributed by atoms with Gasteiger partial charge in [0.15, 0.2) is 5.65 Å². The van der Waals surface area contributed by atoms with E-state index in [-0.39, 0.29) is 0 Å². The molecule has 4 heterocycles. The summed E-state index contributed by atoms with van der Waals surface area (Å²) < 4.78 is 7.50. The van der Waals surface area contributed by atoms with Gasteiger partial charge in [0.05, 0.1) is 11.8 Å². The summed E-state index contributed by atoms with van der Waals surface area (Å²) in [6.07, 6.45) is 6.13. The second kappa shape index (κ2) is 6.81. The Morgan fingerprint density at radius 2 is 2.03 bits per heavy atom. The maximum Gasteiger partial charge on any atom is 0.224 e. The maximum atomic E-state index is 5.33. The van der Waals surface area contributed by atoms with Crippen molar-refractivity contribution in [3.8, 4) is 11.3 Å². The van der Waals surface area contributed by atoms with Gasteiger partial charge in [-0.3, -0.25) is 0 Å². The fraction of sp³-hybridized carbons (Fsp3) is 0.429. The minimum atomic E-state index is 0.298. The van der Waals surface area contributed by atoms with Gasteiger partial charge in [-0.2, -0.15) is 4.98 Å². The largest absolute Gasteiger partial charge is 0.381 e. The Bertz CT molecular complexity index is 1190. The Kier molecular flexibility index (Phi) is 4.24. The van der Waals surface area contributed by atoms with Crippen LogP contribution in [0.25, 0.3) is 33.5 Å². The number of hydrogen-bond donors (Lipinski definition) is 2. The van der Waals surface area contributed by atoms with E-state index >= 15 is 0 Å². The Hall–Kier alpha value is -3.00. The van der Waals surface area contributed by atoms with Crippen LogP contribution in [-0.2, 0) is 4.74 Å². The Morgan fingerprint density at radius 3 is 2.79 bits per heavy atom. The Labute approximate surface area is 168 Å². The zero-order valence-corrected chi connectivity index (χ0v) is 17.1. The lowest BCUT2D eigenvalue weighted by atomic mass is 9.89. The molecule has 5 rings (SSSR count). The molecule has 8 nitrogen and oxygen atoms in total. The molecule has 0 bridgehead atoms. The molecule has 2 N–H and O–H groups in total. The predicted octanol–water partition coefficient (Wildman–Crippen LogP) is 3.85. The first-order valence-corrected chi connectivity index (χ1v) is 10.0. The molecule has 1 fully saturated rings. The van der Waals surface area contributed by atoms with Crippen molar-refractivity contribution in [1.82, 2.24) is 29.5 Å². The lowest BCUT2D eigenvalue weighted by molar-refractivity contribution is 0.0327. The fourth-order valence-electron chi connectivity index (χ4n) is 4.10. The van der Waals surface area contributed by atoms with E-state index in [0.717, 1.165) is 52.1 Å². The number of pyridine rings is 1. The van der Waals surface area contributed by atoms with Crippen molar-refractivity contribution in [3.63, 3.8) is 0 Å². The van der Waals surface area contributed by atoms with Gasteiger partial charge < -0.3 is 19.6 Å². The second-order valence-electron chi connectivity index (χ2n) is 7.99. The van der Waals surface area contributed by atoms with Crippen molar-refractivity contribution < 1.29 is 4.74 Å². The minimum absolute atomic E-state index is 0.298. The third kappa shape index (κ3) is 3.04. The van der Waals surface area contributed by atoms with Crippen LogP contribution in [0.4, 0.5) is 5.95 Å². The highest BCUT2D eigenvalue weighted by Gasteiger charge is 2.29. The number of imidazole rings is 1. The zero-order valence-electron chi connectivity index (χ0n) is 17.1. The smallest absolute Gasteiger partial charge is 0.224 e. The Morgan fingerprint density at radius 1 is 1.21 bits per heavy atom. The normalized spacial score (nSPS) is 19.2. The molecule has 1 aliphatic carbocycles. The highest BCUT2D eigenvalue weighted by Crippen LogP contribution is 2.30. The van der Waals surface area contributed by atoms with E-state index in [4.69, 9.17) is 9.72 Å². The molecule has 29 heavy (non-hydrogen) atoms. The molecule has 0 amide bonds. The molecule has 4 aromatic rings. The third-order valence-electron chi connectivity index (χ3n) is 5.70. The highest BCUT2D eigenvalue weighted by atomic mass is 16.5. The summed E-state index contributed by atoms with van der Waals surface area (Å²) in [6.45, 7) is 6.31. The summed E-state index contributed by atoms with van der Waals surface area (Å²) >= 11 is 0. The molecule has 1 aliphatic rings. The third-order valence-corrected chi connectivity index (χ3v) is 5.70. The van der Waals surface area contributed by atoms with Crippen molar-refractivity contribution in [2.75, 3.05) is 12.4 Å². The monoisotopic (exact) mass is 391 g/mol. The lowest BCUT2D eigenvalue weighted by Gasteiger charge is -2.34. The summed E-state index contributed by atoms with van der Waals surface area (Å²) in [4.78, 5) is 22.0. The summed E-state index contributed by atoms with van der Waals surface area (Å²) in [5.41, 5.74) is 4.50. The second-order valence-corrected chi connectivity index (χ2v) is 7.99. The molecule has 0 aliphatic heterocycles. The van der Waals surface area contributed by atoms with Crippen molar-refractivity contribution in [2.45, 2.75) is 51.8 Å². The maximum absolute atomic E-state index is 5.33. The number of aromatic amines is 1. The van der Waals surface area contributed by atoms with E-state index in [0.29, 0.717) is 24.1 Å². The standard InChI is InChI=1S/C21H25N7O/c1-11(2)28-12(3)24-18-6-5-17(26-20(18)28)15-9-22-19-16(15)10-23-21(27-19)25-13-7-14(8-13)29-4/h5-6,9-11,13-14H,7-8H2,1-4H3,(H2,22,23,25,27). The average Bonchev–Trinajstić information content (AvgIpc) is 3.23. The van der Waals surface area contributed by atoms with Gasteiger partial charge in [-0.05, 0) is 45.7 Å². The molecular weight excluding hydrogens is 366 g/mol. The molecule has 4 aromatic heterocycles. The van der Waals surface area contributed by atoms with E-state index < -0.39 is 0 Å². The van der Waals surface area contributed by atoms with Crippen molar-refractivity contribution in [1.29, 1.82) is 0 Å². The Balaban J connectivity index is 1.48. The number of H-pyrrole nitrogens is 1. The van der Waals surface area contributed by atoms with Gasteiger partial charge in [0.2, 0.25) is 5.95 Å².